The van der Waals surface area contributed by atoms with Crippen LogP contribution in [0.25, 0.3) is 5.69 Å². The second-order valence-corrected chi connectivity index (χ2v) is 6.46. The summed E-state index contributed by atoms with van der Waals surface area (Å²) in [6.45, 7) is 1.61. The molecule has 28 heavy (non-hydrogen) atoms. The molecule has 2 heterocycles. The quantitative estimate of drug-likeness (QED) is 0.598. The summed E-state index contributed by atoms with van der Waals surface area (Å²) >= 11 is 0. The molecule has 3 aromatic rings. The van der Waals surface area contributed by atoms with Crippen LogP contribution in [0.4, 0.5) is 10.5 Å². The largest absolute Gasteiger partial charge is 0.322 e. The molecule has 0 saturated carbocycles. The van der Waals surface area contributed by atoms with Gasteiger partial charge in [0.05, 0.1) is 5.69 Å². The monoisotopic (exact) mass is 376 g/mol. The van der Waals surface area contributed by atoms with Crippen molar-refractivity contribution < 1.29 is 14.4 Å². The highest BCUT2D eigenvalue weighted by molar-refractivity contribution is 6.07. The van der Waals surface area contributed by atoms with Crippen LogP contribution in [0, 0.1) is 0 Å². The van der Waals surface area contributed by atoms with Gasteiger partial charge in [-0.2, -0.15) is 5.10 Å². The second kappa shape index (κ2) is 6.62. The summed E-state index contributed by atoms with van der Waals surface area (Å²) in [6, 6.07) is 13.1. The lowest BCUT2D eigenvalue weighted by Crippen LogP contribution is -2.40. The van der Waals surface area contributed by atoms with Gasteiger partial charge in [0.1, 0.15) is 18.2 Å². The summed E-state index contributed by atoms with van der Waals surface area (Å²) in [6.07, 6.45) is 3.00. The molecule has 1 saturated heterocycles. The molecule has 4 amide bonds. The maximum atomic E-state index is 12.5. The highest BCUT2D eigenvalue weighted by atomic mass is 16.2. The first-order chi connectivity index (χ1) is 13.5. The Morgan fingerprint density at radius 3 is 2.57 bits per heavy atom. The number of anilines is 1. The Bertz CT molecular complexity index is 1060. The van der Waals surface area contributed by atoms with Crippen molar-refractivity contribution in [3.05, 3.63) is 72.3 Å². The highest BCUT2D eigenvalue weighted by Crippen LogP contribution is 2.26. The first-order valence-electron chi connectivity index (χ1n) is 8.46. The first kappa shape index (κ1) is 17.4. The number of urea groups is 1. The van der Waals surface area contributed by atoms with E-state index in [1.807, 2.05) is 0 Å². The van der Waals surface area contributed by atoms with Gasteiger partial charge >= 0.3 is 6.03 Å². The average molecular weight is 376 g/mol. The van der Waals surface area contributed by atoms with Crippen LogP contribution in [0.2, 0.25) is 0 Å². The molecule has 9 nitrogen and oxygen atoms in total. The molecular formula is C19H16N6O3. The third-order valence-corrected chi connectivity index (χ3v) is 4.56. The van der Waals surface area contributed by atoms with E-state index >= 15 is 0 Å². The third kappa shape index (κ3) is 3.09. The van der Waals surface area contributed by atoms with Crippen LogP contribution in [-0.4, -0.2) is 32.6 Å². The summed E-state index contributed by atoms with van der Waals surface area (Å²) in [4.78, 5) is 40.0. The van der Waals surface area contributed by atoms with Gasteiger partial charge in [0.25, 0.3) is 11.8 Å². The molecular weight excluding hydrogens is 360 g/mol. The number of nitrogens with zero attached hydrogens (tertiary/aromatic N) is 3. The molecule has 3 N–H and O–H groups in total. The number of amides is 4. The van der Waals surface area contributed by atoms with E-state index in [-0.39, 0.29) is 5.91 Å². The second-order valence-electron chi connectivity index (χ2n) is 6.46. The van der Waals surface area contributed by atoms with Gasteiger partial charge in [0, 0.05) is 11.3 Å². The predicted molar refractivity (Wildman–Crippen MR) is 99.8 cm³/mol. The fraction of sp³-hybridized carbons (Fsp3) is 0.105. The zero-order chi connectivity index (χ0) is 19.7. The van der Waals surface area contributed by atoms with Crippen molar-refractivity contribution in [1.29, 1.82) is 0 Å². The Kier molecular flexibility index (Phi) is 4.11. The van der Waals surface area contributed by atoms with Crippen molar-refractivity contribution in [2.45, 2.75) is 12.5 Å². The zero-order valence-electron chi connectivity index (χ0n) is 14.8. The van der Waals surface area contributed by atoms with Crippen molar-refractivity contribution >= 4 is 23.5 Å². The molecule has 1 aliphatic heterocycles. The van der Waals surface area contributed by atoms with Gasteiger partial charge in [-0.1, -0.05) is 12.1 Å². The number of rotatable bonds is 4. The van der Waals surface area contributed by atoms with Gasteiger partial charge in [-0.25, -0.2) is 14.5 Å². The Morgan fingerprint density at radius 2 is 1.93 bits per heavy atom. The molecule has 2 aromatic carbocycles. The van der Waals surface area contributed by atoms with Crippen LogP contribution < -0.4 is 16.0 Å². The Hall–Kier alpha value is -4.01. The number of carbonyl (C=O) groups is 3. The third-order valence-electron chi connectivity index (χ3n) is 4.56. The summed E-state index contributed by atoms with van der Waals surface area (Å²) < 4.78 is 1.59. The Labute approximate surface area is 159 Å². The van der Waals surface area contributed by atoms with Crippen molar-refractivity contribution in [3.63, 3.8) is 0 Å². The molecule has 0 unspecified atom stereocenters. The van der Waals surface area contributed by atoms with Gasteiger partial charge in [-0.15, -0.1) is 0 Å². The van der Waals surface area contributed by atoms with E-state index in [9.17, 15) is 14.4 Å². The zero-order valence-corrected chi connectivity index (χ0v) is 14.8. The van der Waals surface area contributed by atoms with Gasteiger partial charge < -0.3 is 10.6 Å². The minimum atomic E-state index is -1.18. The molecule has 0 aliphatic carbocycles. The van der Waals surface area contributed by atoms with E-state index in [0.717, 1.165) is 5.69 Å². The van der Waals surface area contributed by atoms with E-state index in [4.69, 9.17) is 0 Å². The minimum absolute atomic E-state index is 0.299. The molecule has 4 rings (SSSR count). The van der Waals surface area contributed by atoms with Crippen LogP contribution in [0.5, 0.6) is 0 Å². The molecule has 1 atom stereocenters. The molecule has 1 fully saturated rings. The summed E-state index contributed by atoms with van der Waals surface area (Å²) in [5.41, 5.74) is 1.14. The lowest BCUT2D eigenvalue weighted by atomic mass is 9.92. The average Bonchev–Trinajstić information content (AvgIpc) is 3.31. The molecule has 0 radical (unpaired) electrons. The summed E-state index contributed by atoms with van der Waals surface area (Å²) in [5.74, 6) is -0.739. The Balaban J connectivity index is 1.52. The number of hydrogen-bond donors (Lipinski definition) is 3. The normalized spacial score (nSPS) is 18.5. The number of hydrogen-bond acceptors (Lipinski definition) is 5. The van der Waals surface area contributed by atoms with Crippen molar-refractivity contribution in [2.75, 3.05) is 5.32 Å². The number of nitrogens with one attached hydrogen (secondary N) is 3. The topological polar surface area (TPSA) is 118 Å². The Morgan fingerprint density at radius 1 is 1.14 bits per heavy atom. The van der Waals surface area contributed by atoms with Gasteiger partial charge in [0.15, 0.2) is 0 Å². The molecule has 0 bridgehead atoms. The molecule has 140 valence electrons. The molecule has 0 spiro atoms. The lowest BCUT2D eigenvalue weighted by Gasteiger charge is -2.21. The maximum Gasteiger partial charge on any atom is 0.322 e. The number of aromatic nitrogens is 3. The number of imide groups is 1. The van der Waals surface area contributed by atoms with E-state index in [1.54, 1.807) is 66.5 Å². The van der Waals surface area contributed by atoms with Gasteiger partial charge in [-0.3, -0.25) is 14.9 Å². The smallest absolute Gasteiger partial charge is 0.322 e. The summed E-state index contributed by atoms with van der Waals surface area (Å²) in [5, 5.41) is 11.7. The highest BCUT2D eigenvalue weighted by Gasteiger charge is 2.43. The van der Waals surface area contributed by atoms with E-state index in [2.05, 4.69) is 26.0 Å². The van der Waals surface area contributed by atoms with Crippen LogP contribution in [0.15, 0.2) is 61.2 Å². The maximum absolute atomic E-state index is 12.5. The predicted octanol–water partition coefficient (Wildman–Crippen LogP) is 1.57. The van der Waals surface area contributed by atoms with Gasteiger partial charge in [0.2, 0.25) is 0 Å². The van der Waals surface area contributed by atoms with E-state index in [0.29, 0.717) is 16.8 Å². The van der Waals surface area contributed by atoms with E-state index < -0.39 is 17.5 Å². The summed E-state index contributed by atoms with van der Waals surface area (Å²) in [7, 11) is 0. The van der Waals surface area contributed by atoms with Crippen molar-refractivity contribution in [2.24, 2.45) is 0 Å². The first-order valence-corrected chi connectivity index (χ1v) is 8.46. The van der Waals surface area contributed by atoms with Crippen LogP contribution in [-0.2, 0) is 10.3 Å². The number of carbonyl (C=O) groups excluding carboxylic acids is 3. The number of benzene rings is 2. The van der Waals surface area contributed by atoms with Crippen LogP contribution in [0.1, 0.15) is 22.8 Å². The van der Waals surface area contributed by atoms with Crippen molar-refractivity contribution in [1.82, 2.24) is 25.4 Å². The van der Waals surface area contributed by atoms with Crippen LogP contribution in [0.3, 0.4) is 0 Å². The minimum Gasteiger partial charge on any atom is -0.322 e. The molecule has 1 aromatic heterocycles. The van der Waals surface area contributed by atoms with E-state index in [1.165, 1.54) is 6.33 Å². The fourth-order valence-electron chi connectivity index (χ4n) is 2.96. The fourth-order valence-corrected chi connectivity index (χ4v) is 2.96. The molecule has 1 aliphatic rings. The standard InChI is InChI=1S/C19H16N6O3/c1-19(17(27)23-18(28)24-19)13-3-2-4-14(9-13)22-16(26)12-5-7-15(8-6-12)25-11-20-10-21-25/h2-11H,1H3,(H,22,26)(H2,23,24,27,28)/t19-/m1/s1. The van der Waals surface area contributed by atoms with Crippen molar-refractivity contribution in [3.8, 4) is 5.69 Å². The molecule has 9 heteroatoms. The lowest BCUT2D eigenvalue weighted by molar-refractivity contribution is -0.123. The SMILES string of the molecule is C[C@]1(c2cccc(NC(=O)c3ccc(-n4cncn4)cc3)c2)NC(=O)NC1=O. The van der Waals surface area contributed by atoms with Crippen LogP contribution >= 0.6 is 0 Å². The van der Waals surface area contributed by atoms with Gasteiger partial charge in [-0.05, 0) is 48.9 Å².